The lowest BCUT2D eigenvalue weighted by molar-refractivity contribution is -0.131. The van der Waals surface area contributed by atoms with Crippen LogP contribution in [0.4, 0.5) is 5.00 Å². The van der Waals surface area contributed by atoms with Gasteiger partial charge in [0.15, 0.2) is 12.3 Å². The first-order chi connectivity index (χ1) is 10.8. The summed E-state index contributed by atoms with van der Waals surface area (Å²) in [5, 5.41) is 13.2. The van der Waals surface area contributed by atoms with Gasteiger partial charge < -0.3 is 15.0 Å². The number of benzene rings is 1. The maximum Gasteiger partial charge on any atom is 0.256 e. The Balaban J connectivity index is 1.65. The van der Waals surface area contributed by atoms with Gasteiger partial charge in [-0.3, -0.25) is 4.79 Å². The van der Waals surface area contributed by atoms with Gasteiger partial charge in [0.2, 0.25) is 0 Å². The average Bonchev–Trinajstić information content (AvgIpc) is 3.04. The molecule has 1 aliphatic heterocycles. The molecule has 1 atom stereocenters. The second kappa shape index (κ2) is 6.56. The van der Waals surface area contributed by atoms with Crippen molar-refractivity contribution in [1.29, 1.82) is 5.26 Å². The van der Waals surface area contributed by atoms with Gasteiger partial charge in [0.25, 0.3) is 5.91 Å². The number of carbonyl (C=O) groups excluding carboxylic acids is 1. The second-order valence-corrected chi connectivity index (χ2v) is 5.82. The molecule has 1 amide bonds. The molecule has 0 bridgehead atoms. The van der Waals surface area contributed by atoms with Crippen molar-refractivity contribution in [3.63, 3.8) is 0 Å². The van der Waals surface area contributed by atoms with E-state index >= 15 is 0 Å². The summed E-state index contributed by atoms with van der Waals surface area (Å²) in [4.78, 5) is 18.0. The van der Waals surface area contributed by atoms with Crippen LogP contribution in [0, 0.1) is 11.5 Å². The summed E-state index contributed by atoms with van der Waals surface area (Å²) in [5.74, 6) is -0.247. The first-order valence-electron chi connectivity index (χ1n) is 6.84. The zero-order chi connectivity index (χ0) is 15.4. The summed E-state index contributed by atoms with van der Waals surface area (Å²) >= 11 is 1.41. The number of hydrogen-bond acceptors (Lipinski definition) is 6. The number of nitrogens with one attached hydrogen (secondary N) is 1. The topological polar surface area (TPSA) is 78.2 Å². The summed E-state index contributed by atoms with van der Waals surface area (Å²) < 4.78 is 5.41. The van der Waals surface area contributed by atoms with E-state index in [0.717, 1.165) is 10.6 Å². The third-order valence-electron chi connectivity index (χ3n) is 3.27. The summed E-state index contributed by atoms with van der Waals surface area (Å²) in [7, 11) is 0. The van der Waals surface area contributed by atoms with E-state index in [1.165, 1.54) is 16.2 Å². The predicted molar refractivity (Wildman–Crippen MR) is 83.1 cm³/mol. The van der Waals surface area contributed by atoms with Crippen LogP contribution in [-0.4, -0.2) is 41.6 Å². The van der Waals surface area contributed by atoms with Crippen LogP contribution >= 0.6 is 11.3 Å². The summed E-state index contributed by atoms with van der Waals surface area (Å²) in [6, 6.07) is 9.78. The minimum absolute atomic E-state index is 0.247. The number of rotatable bonds is 3. The first-order valence-corrected chi connectivity index (χ1v) is 7.66. The number of morpholine rings is 1. The van der Waals surface area contributed by atoms with E-state index in [4.69, 9.17) is 10.00 Å². The van der Waals surface area contributed by atoms with Crippen molar-refractivity contribution in [3.8, 4) is 16.8 Å². The molecule has 0 aliphatic carbocycles. The van der Waals surface area contributed by atoms with Crippen LogP contribution in [0.25, 0.3) is 10.6 Å². The zero-order valence-corrected chi connectivity index (χ0v) is 12.5. The second-order valence-electron chi connectivity index (χ2n) is 4.79. The predicted octanol–water partition coefficient (Wildman–Crippen LogP) is 1.93. The van der Waals surface area contributed by atoms with Crippen LogP contribution in [-0.2, 0) is 9.53 Å². The van der Waals surface area contributed by atoms with Crippen molar-refractivity contribution in [2.75, 3.05) is 25.0 Å². The Kier molecular flexibility index (Phi) is 4.32. The molecular formula is C15H14N4O2S. The lowest BCUT2D eigenvalue weighted by Crippen LogP contribution is -2.45. The Labute approximate surface area is 132 Å². The molecule has 0 spiro atoms. The summed E-state index contributed by atoms with van der Waals surface area (Å²) in [6.07, 6.45) is 3.05. The van der Waals surface area contributed by atoms with Gasteiger partial charge in [-0.25, -0.2) is 4.98 Å². The third kappa shape index (κ3) is 3.24. The van der Waals surface area contributed by atoms with E-state index < -0.39 is 6.10 Å². The highest BCUT2D eigenvalue weighted by Crippen LogP contribution is 2.28. The van der Waals surface area contributed by atoms with Crippen LogP contribution in [0.5, 0.6) is 0 Å². The Morgan fingerprint density at radius 3 is 3.05 bits per heavy atom. The normalized spacial score (nSPS) is 17.8. The van der Waals surface area contributed by atoms with Crippen molar-refractivity contribution >= 4 is 22.2 Å². The number of carbonyl (C=O) groups is 1. The summed E-state index contributed by atoms with van der Waals surface area (Å²) in [5.41, 5.74) is 1.01. The number of nitriles is 1. The number of aromatic nitrogens is 1. The maximum absolute atomic E-state index is 12.2. The molecule has 1 aromatic carbocycles. The molecule has 112 valence electrons. The number of nitrogens with zero attached hydrogens (tertiary/aromatic N) is 3. The highest BCUT2D eigenvalue weighted by atomic mass is 32.1. The van der Waals surface area contributed by atoms with Crippen LogP contribution in [0.3, 0.4) is 0 Å². The molecule has 1 aliphatic rings. The Hall–Kier alpha value is -2.43. The zero-order valence-electron chi connectivity index (χ0n) is 11.7. The van der Waals surface area contributed by atoms with E-state index in [-0.39, 0.29) is 12.5 Å². The van der Waals surface area contributed by atoms with Gasteiger partial charge in [-0.2, -0.15) is 5.26 Å². The molecule has 2 heterocycles. The molecule has 1 fully saturated rings. The van der Waals surface area contributed by atoms with Crippen molar-refractivity contribution in [2.24, 2.45) is 0 Å². The highest BCUT2D eigenvalue weighted by molar-refractivity contribution is 7.19. The van der Waals surface area contributed by atoms with Crippen molar-refractivity contribution < 1.29 is 9.53 Å². The Morgan fingerprint density at radius 2 is 2.27 bits per heavy atom. The molecule has 7 heteroatoms. The van der Waals surface area contributed by atoms with Gasteiger partial charge in [0, 0.05) is 5.56 Å². The minimum Gasteiger partial charge on any atom is -0.365 e. The van der Waals surface area contributed by atoms with Gasteiger partial charge in [0.05, 0.1) is 25.9 Å². The van der Waals surface area contributed by atoms with E-state index in [2.05, 4.69) is 10.3 Å². The molecule has 1 aromatic heterocycles. The molecule has 22 heavy (non-hydrogen) atoms. The molecule has 2 aromatic rings. The highest BCUT2D eigenvalue weighted by Gasteiger charge is 2.26. The number of thiazole rings is 1. The molecule has 1 unspecified atom stereocenters. The van der Waals surface area contributed by atoms with Gasteiger partial charge in [-0.1, -0.05) is 41.7 Å². The maximum atomic E-state index is 12.2. The number of anilines is 1. The fourth-order valence-corrected chi connectivity index (χ4v) is 2.97. The fraction of sp³-hybridized carbons (Fsp3) is 0.267. The monoisotopic (exact) mass is 314 g/mol. The van der Waals surface area contributed by atoms with Crippen molar-refractivity contribution in [1.82, 2.24) is 9.88 Å². The number of ether oxygens (including phenoxy) is 1. The molecule has 6 nitrogen and oxygen atoms in total. The van der Waals surface area contributed by atoms with Gasteiger partial charge in [-0.15, -0.1) is 0 Å². The van der Waals surface area contributed by atoms with E-state index in [1.807, 2.05) is 36.5 Å². The average molecular weight is 314 g/mol. The molecule has 0 saturated carbocycles. The lowest BCUT2D eigenvalue weighted by Gasteiger charge is -2.27. The Bertz CT molecular complexity index is 695. The third-order valence-corrected chi connectivity index (χ3v) is 4.23. The van der Waals surface area contributed by atoms with Crippen LogP contribution in [0.2, 0.25) is 0 Å². The van der Waals surface area contributed by atoms with Crippen LogP contribution in [0.15, 0.2) is 36.5 Å². The molecule has 1 N–H and O–H groups in total. The fourth-order valence-electron chi connectivity index (χ4n) is 2.15. The van der Waals surface area contributed by atoms with Gasteiger partial charge in [-0.05, 0) is 0 Å². The molecular weight excluding hydrogens is 300 g/mol. The molecule has 0 radical (unpaired) electrons. The van der Waals surface area contributed by atoms with Gasteiger partial charge >= 0.3 is 0 Å². The van der Waals surface area contributed by atoms with E-state index in [0.29, 0.717) is 18.2 Å². The minimum atomic E-state index is -0.629. The quantitative estimate of drug-likeness (QED) is 0.876. The lowest BCUT2D eigenvalue weighted by atomic mass is 10.2. The standard InChI is InChI=1S/C15H14N4O2S/c16-10-19-6-7-21-12(9-19)14(20)18-13-8-17-15(22-13)11-4-2-1-3-5-11/h1-5,8,12H,6-7,9H2,(H,18,20). The van der Waals surface area contributed by atoms with E-state index in [9.17, 15) is 4.79 Å². The molecule has 1 saturated heterocycles. The molecule has 3 rings (SSSR count). The van der Waals surface area contributed by atoms with Crippen molar-refractivity contribution in [3.05, 3.63) is 36.5 Å². The smallest absolute Gasteiger partial charge is 0.256 e. The van der Waals surface area contributed by atoms with Crippen LogP contribution < -0.4 is 5.32 Å². The first kappa shape index (κ1) is 14.5. The SMILES string of the molecule is N#CN1CCOC(C(=O)Nc2cnc(-c3ccccc3)s2)C1. The summed E-state index contributed by atoms with van der Waals surface area (Å²) in [6.45, 7) is 1.19. The van der Waals surface area contributed by atoms with Crippen LogP contribution in [0.1, 0.15) is 0 Å². The Morgan fingerprint density at radius 1 is 1.45 bits per heavy atom. The van der Waals surface area contributed by atoms with E-state index in [1.54, 1.807) is 6.20 Å². The van der Waals surface area contributed by atoms with Gasteiger partial charge in [0.1, 0.15) is 10.0 Å². The number of amides is 1. The van der Waals surface area contributed by atoms with Crippen molar-refractivity contribution in [2.45, 2.75) is 6.10 Å². The largest absolute Gasteiger partial charge is 0.365 e. The number of hydrogen-bond donors (Lipinski definition) is 1.